The van der Waals surface area contributed by atoms with Gasteiger partial charge in [-0.25, -0.2) is 13.1 Å². The van der Waals surface area contributed by atoms with E-state index in [1.54, 1.807) is 17.9 Å². The Morgan fingerprint density at radius 1 is 1.31 bits per heavy atom. The molecule has 0 bridgehead atoms. The number of anilines is 2. The first-order chi connectivity index (χ1) is 12.3. The van der Waals surface area contributed by atoms with Gasteiger partial charge in [0, 0.05) is 25.2 Å². The second kappa shape index (κ2) is 6.89. The van der Waals surface area contributed by atoms with Crippen molar-refractivity contribution in [1.82, 2.24) is 9.88 Å². The van der Waals surface area contributed by atoms with E-state index >= 15 is 0 Å². The molecule has 1 aliphatic heterocycles. The van der Waals surface area contributed by atoms with E-state index in [9.17, 15) is 18.0 Å². The number of nitrogens with zero attached hydrogens (tertiary/aromatic N) is 2. The first-order valence-electron chi connectivity index (χ1n) is 7.90. The van der Waals surface area contributed by atoms with E-state index in [4.69, 9.17) is 4.52 Å². The van der Waals surface area contributed by atoms with Crippen LogP contribution in [0.15, 0.2) is 33.7 Å². The molecule has 0 atom stereocenters. The maximum absolute atomic E-state index is 12.4. The maximum Gasteiger partial charge on any atom is 0.241 e. The highest BCUT2D eigenvalue weighted by Crippen LogP contribution is 2.30. The van der Waals surface area contributed by atoms with Crippen LogP contribution in [-0.2, 0) is 26.0 Å². The van der Waals surface area contributed by atoms with E-state index in [-0.39, 0.29) is 16.6 Å². The monoisotopic (exact) mass is 378 g/mol. The summed E-state index contributed by atoms with van der Waals surface area (Å²) in [5, 5.41) is 6.03. The summed E-state index contributed by atoms with van der Waals surface area (Å²) in [6.45, 7) is 3.23. The Hall–Kier alpha value is -2.72. The summed E-state index contributed by atoms with van der Waals surface area (Å²) in [5.41, 5.74) is 1.50. The lowest BCUT2D eigenvalue weighted by atomic mass is 10.2. The third-order valence-electron chi connectivity index (χ3n) is 3.96. The van der Waals surface area contributed by atoms with Crippen molar-refractivity contribution in [3.8, 4) is 0 Å². The van der Waals surface area contributed by atoms with Gasteiger partial charge in [-0.05, 0) is 37.1 Å². The quantitative estimate of drug-likeness (QED) is 0.794. The first kappa shape index (κ1) is 18.1. The van der Waals surface area contributed by atoms with E-state index in [0.717, 1.165) is 11.3 Å². The van der Waals surface area contributed by atoms with E-state index in [2.05, 4.69) is 15.2 Å². The largest absolute Gasteiger partial charge is 0.360 e. The number of benzene rings is 1. The molecular weight excluding hydrogens is 360 g/mol. The van der Waals surface area contributed by atoms with Gasteiger partial charge in [-0.2, -0.15) is 0 Å². The van der Waals surface area contributed by atoms with E-state index in [1.165, 1.54) is 25.1 Å². The molecule has 10 heteroatoms. The van der Waals surface area contributed by atoms with Crippen LogP contribution in [0.3, 0.4) is 0 Å². The Bertz CT molecular complexity index is 967. The van der Waals surface area contributed by atoms with Gasteiger partial charge < -0.3 is 14.7 Å². The van der Waals surface area contributed by atoms with Crippen molar-refractivity contribution >= 4 is 33.3 Å². The summed E-state index contributed by atoms with van der Waals surface area (Å²) in [4.78, 5) is 25.1. The highest BCUT2D eigenvalue weighted by atomic mass is 32.2. The Balaban J connectivity index is 1.67. The van der Waals surface area contributed by atoms with Gasteiger partial charge in [0.1, 0.15) is 5.76 Å². The third kappa shape index (κ3) is 3.75. The molecular formula is C16H18N4O5S. The van der Waals surface area contributed by atoms with Crippen LogP contribution in [0.5, 0.6) is 0 Å². The predicted molar refractivity (Wildman–Crippen MR) is 93.2 cm³/mol. The lowest BCUT2D eigenvalue weighted by Gasteiger charge is -2.15. The number of amides is 2. The number of hydrogen-bond acceptors (Lipinski definition) is 6. The second-order valence-corrected chi connectivity index (χ2v) is 7.67. The van der Waals surface area contributed by atoms with Gasteiger partial charge in [0.15, 0.2) is 5.82 Å². The topological polar surface area (TPSA) is 122 Å². The smallest absolute Gasteiger partial charge is 0.241 e. The average molecular weight is 378 g/mol. The minimum Gasteiger partial charge on any atom is -0.360 e. The number of carbonyl (C=O) groups excluding carboxylic acids is 2. The van der Waals surface area contributed by atoms with Crippen LogP contribution in [0.1, 0.15) is 18.2 Å². The highest BCUT2D eigenvalue weighted by molar-refractivity contribution is 7.89. The molecule has 1 aliphatic rings. The molecule has 0 fully saturated rings. The highest BCUT2D eigenvalue weighted by Gasteiger charge is 2.25. The van der Waals surface area contributed by atoms with E-state index in [1.807, 2.05) is 0 Å². The molecule has 138 valence electrons. The second-order valence-electron chi connectivity index (χ2n) is 5.91. The van der Waals surface area contributed by atoms with Crippen LogP contribution >= 0.6 is 0 Å². The van der Waals surface area contributed by atoms with Crippen LogP contribution in [0.4, 0.5) is 11.5 Å². The first-order valence-corrected chi connectivity index (χ1v) is 9.38. The molecule has 0 radical (unpaired) electrons. The van der Waals surface area contributed by atoms with E-state index < -0.39 is 22.5 Å². The molecule has 26 heavy (non-hydrogen) atoms. The fraction of sp³-hybridized carbons (Fsp3) is 0.312. The van der Waals surface area contributed by atoms with Crippen LogP contribution < -0.4 is 14.9 Å². The van der Waals surface area contributed by atoms with Crippen molar-refractivity contribution in [2.24, 2.45) is 0 Å². The molecule has 2 aromatic rings. The zero-order valence-corrected chi connectivity index (χ0v) is 15.1. The predicted octanol–water partition coefficient (Wildman–Crippen LogP) is 0.809. The van der Waals surface area contributed by atoms with Crippen molar-refractivity contribution in [3.63, 3.8) is 0 Å². The summed E-state index contributed by atoms with van der Waals surface area (Å²) in [7, 11) is -3.86. The van der Waals surface area contributed by atoms with Crippen molar-refractivity contribution in [2.75, 3.05) is 23.3 Å². The number of aromatic nitrogens is 1. The molecule has 3 rings (SSSR count). The molecule has 0 saturated heterocycles. The van der Waals surface area contributed by atoms with Crippen molar-refractivity contribution < 1.29 is 22.5 Å². The minimum absolute atomic E-state index is 0.0479. The van der Waals surface area contributed by atoms with Gasteiger partial charge >= 0.3 is 0 Å². The van der Waals surface area contributed by atoms with Gasteiger partial charge in [-0.1, -0.05) is 5.16 Å². The average Bonchev–Trinajstić information content (AvgIpc) is 3.18. The summed E-state index contributed by atoms with van der Waals surface area (Å²) in [6, 6.07) is 6.07. The van der Waals surface area contributed by atoms with Crippen LogP contribution in [0.25, 0.3) is 0 Å². The van der Waals surface area contributed by atoms with Gasteiger partial charge in [0.2, 0.25) is 21.8 Å². The SMILES string of the molecule is CC(=O)N1CCc2cc(S(=O)(=O)NCC(=O)Nc3cc(C)on3)ccc21. The van der Waals surface area contributed by atoms with Crippen molar-refractivity contribution in [2.45, 2.75) is 25.2 Å². The molecule has 0 aliphatic carbocycles. The molecule has 2 N–H and O–H groups in total. The molecule has 2 heterocycles. The van der Waals surface area contributed by atoms with Crippen LogP contribution in [-0.4, -0.2) is 38.5 Å². The number of rotatable bonds is 5. The minimum atomic E-state index is -3.86. The molecule has 9 nitrogen and oxygen atoms in total. The standard InChI is InChI=1S/C16H18N4O5S/c1-10-7-15(19-25-10)18-16(22)9-17-26(23,24)13-3-4-14-12(8-13)5-6-20(14)11(2)21/h3-4,7-8,17H,5-6,9H2,1-2H3,(H,18,19,22). The fourth-order valence-electron chi connectivity index (χ4n) is 2.73. The molecule has 0 saturated carbocycles. The lowest BCUT2D eigenvalue weighted by molar-refractivity contribution is -0.116. The summed E-state index contributed by atoms with van der Waals surface area (Å²) >= 11 is 0. The maximum atomic E-state index is 12.4. The molecule has 0 unspecified atom stereocenters. The third-order valence-corrected chi connectivity index (χ3v) is 5.35. The number of hydrogen-bond donors (Lipinski definition) is 2. The van der Waals surface area contributed by atoms with Gasteiger partial charge in [0.25, 0.3) is 0 Å². The zero-order chi connectivity index (χ0) is 18.9. The summed E-state index contributed by atoms with van der Waals surface area (Å²) in [5.74, 6) is 0.0928. The zero-order valence-electron chi connectivity index (χ0n) is 14.3. The number of nitrogens with one attached hydrogen (secondary N) is 2. The van der Waals surface area contributed by atoms with Gasteiger partial charge in [-0.15, -0.1) is 0 Å². The number of sulfonamides is 1. The van der Waals surface area contributed by atoms with Crippen LogP contribution in [0.2, 0.25) is 0 Å². The Kier molecular flexibility index (Phi) is 4.79. The number of fused-ring (bicyclic) bond motifs is 1. The van der Waals surface area contributed by atoms with Crippen molar-refractivity contribution in [3.05, 3.63) is 35.6 Å². The number of aryl methyl sites for hydroxylation is 1. The molecule has 1 aromatic heterocycles. The van der Waals surface area contributed by atoms with Gasteiger partial charge in [0.05, 0.1) is 11.4 Å². The van der Waals surface area contributed by atoms with Crippen molar-refractivity contribution in [1.29, 1.82) is 0 Å². The van der Waals surface area contributed by atoms with Gasteiger partial charge in [-0.3, -0.25) is 9.59 Å². The van der Waals surface area contributed by atoms with E-state index in [0.29, 0.717) is 18.7 Å². The van der Waals surface area contributed by atoms with Crippen LogP contribution in [0, 0.1) is 6.92 Å². The lowest BCUT2D eigenvalue weighted by Crippen LogP contribution is -2.33. The summed E-state index contributed by atoms with van der Waals surface area (Å²) < 4.78 is 31.9. The summed E-state index contributed by atoms with van der Waals surface area (Å²) in [6.07, 6.45) is 0.588. The Labute approximate surface area is 150 Å². The normalized spacial score (nSPS) is 13.5. The molecule has 1 aromatic carbocycles. The molecule has 2 amide bonds. The Morgan fingerprint density at radius 3 is 2.73 bits per heavy atom. The number of carbonyl (C=O) groups is 2. The fourth-order valence-corrected chi connectivity index (χ4v) is 3.76. The molecule has 0 spiro atoms. The Morgan fingerprint density at radius 2 is 2.08 bits per heavy atom.